The fourth-order valence-corrected chi connectivity index (χ4v) is 9.27. The van der Waals surface area contributed by atoms with E-state index >= 15 is 0 Å². The van der Waals surface area contributed by atoms with Crippen LogP contribution in [0, 0.1) is 17.8 Å². The number of nitrogens with one attached hydrogen (secondary N) is 1. The van der Waals surface area contributed by atoms with Crippen molar-refractivity contribution in [2.24, 2.45) is 17.8 Å². The van der Waals surface area contributed by atoms with Crippen LogP contribution < -0.4 is 10.2 Å². The number of aromatic nitrogens is 1. The maximum absolute atomic E-state index is 13.1. The molecule has 3 aliphatic rings. The fraction of sp³-hybridized carbons (Fsp3) is 0.360. The average Bonchev–Trinajstić information content (AvgIpc) is 3.49. The zero-order valence-corrected chi connectivity index (χ0v) is 19.8. The number of thioether (sulfide) groups is 1. The summed E-state index contributed by atoms with van der Waals surface area (Å²) in [7, 11) is 0. The molecule has 2 saturated carbocycles. The first kappa shape index (κ1) is 20.6. The first-order valence-electron chi connectivity index (χ1n) is 11.1. The molecule has 0 saturated heterocycles. The molecular formula is C25H23ClN2O2S2. The SMILES string of the molecule is O=C(Cn1c2c(sc1=O)[C@H](c1ccccc1)C1C3CCC(C3)C1S2)Nc1ccc(Cl)cc1. The Morgan fingerprint density at radius 1 is 1.06 bits per heavy atom. The van der Waals surface area contributed by atoms with E-state index in [0.29, 0.717) is 21.9 Å². The van der Waals surface area contributed by atoms with Crippen molar-refractivity contribution in [1.29, 1.82) is 0 Å². The van der Waals surface area contributed by atoms with Gasteiger partial charge in [0.05, 0.1) is 5.03 Å². The summed E-state index contributed by atoms with van der Waals surface area (Å²) < 4.78 is 1.70. The second-order valence-corrected chi connectivity index (χ2v) is 11.7. The maximum atomic E-state index is 13.1. The highest BCUT2D eigenvalue weighted by atomic mass is 35.5. The van der Waals surface area contributed by atoms with E-state index in [1.165, 1.54) is 36.2 Å². The van der Waals surface area contributed by atoms with Gasteiger partial charge < -0.3 is 5.32 Å². The van der Waals surface area contributed by atoms with Crippen LogP contribution in [0.25, 0.3) is 0 Å². The lowest BCUT2D eigenvalue weighted by atomic mass is 9.75. The van der Waals surface area contributed by atoms with Crippen LogP contribution in [-0.4, -0.2) is 15.7 Å². The first-order chi connectivity index (χ1) is 15.6. The Balaban J connectivity index is 1.35. The van der Waals surface area contributed by atoms with E-state index < -0.39 is 0 Å². The smallest absolute Gasteiger partial charge is 0.308 e. The summed E-state index contributed by atoms with van der Waals surface area (Å²) >= 11 is 9.14. The maximum Gasteiger partial charge on any atom is 0.308 e. The van der Waals surface area contributed by atoms with Crippen LogP contribution in [0.4, 0.5) is 5.69 Å². The third kappa shape index (κ3) is 3.44. The van der Waals surface area contributed by atoms with E-state index in [9.17, 15) is 9.59 Å². The Kier molecular flexibility index (Phi) is 5.20. The van der Waals surface area contributed by atoms with E-state index in [2.05, 4.69) is 35.6 Å². The van der Waals surface area contributed by atoms with Crippen LogP contribution in [-0.2, 0) is 11.3 Å². The zero-order valence-electron chi connectivity index (χ0n) is 17.4. The molecule has 6 rings (SSSR count). The molecule has 1 aliphatic heterocycles. The van der Waals surface area contributed by atoms with Gasteiger partial charge in [-0.1, -0.05) is 53.3 Å². The van der Waals surface area contributed by atoms with Crippen LogP contribution in [0.2, 0.25) is 5.02 Å². The molecule has 7 heteroatoms. The number of hydrogen-bond acceptors (Lipinski definition) is 4. The quantitative estimate of drug-likeness (QED) is 0.507. The van der Waals surface area contributed by atoms with Crippen LogP contribution in [0.3, 0.4) is 0 Å². The molecule has 2 heterocycles. The lowest BCUT2D eigenvalue weighted by Gasteiger charge is -2.40. The van der Waals surface area contributed by atoms with E-state index in [-0.39, 0.29) is 23.2 Å². The number of thiazole rings is 1. The van der Waals surface area contributed by atoms with Gasteiger partial charge in [-0.2, -0.15) is 0 Å². The number of carbonyl (C=O) groups is 1. The Hall–Kier alpha value is -2.02. The highest BCUT2D eigenvalue weighted by Crippen LogP contribution is 2.63. The highest BCUT2D eigenvalue weighted by molar-refractivity contribution is 8.00. The fourth-order valence-electron chi connectivity index (χ4n) is 6.00. The van der Waals surface area contributed by atoms with Gasteiger partial charge in [-0.15, -0.1) is 11.8 Å². The van der Waals surface area contributed by atoms with Gasteiger partial charge in [-0.25, -0.2) is 0 Å². The first-order valence-corrected chi connectivity index (χ1v) is 13.2. The Morgan fingerprint density at radius 2 is 1.81 bits per heavy atom. The number of carbonyl (C=O) groups excluding carboxylic acids is 1. The highest BCUT2D eigenvalue weighted by Gasteiger charge is 2.55. The molecule has 2 bridgehead atoms. The summed E-state index contributed by atoms with van der Waals surface area (Å²) in [6.07, 6.45) is 3.91. The average molecular weight is 483 g/mol. The van der Waals surface area contributed by atoms with Gasteiger partial charge in [0.1, 0.15) is 6.54 Å². The molecule has 2 fully saturated rings. The topological polar surface area (TPSA) is 51.1 Å². The number of fused-ring (bicyclic) bond motifs is 6. The number of benzene rings is 2. The number of hydrogen-bond donors (Lipinski definition) is 1. The summed E-state index contributed by atoms with van der Waals surface area (Å²) in [4.78, 5) is 27.0. The standard InChI is InChI=1S/C25H23ClN2O2S2/c26-17-8-10-18(11-9-17)27-19(29)13-28-24-23(32-25(28)30)20(14-4-2-1-3-5-14)21-15-6-7-16(12-15)22(21)31-24/h1-5,8-11,15-16,20-22H,6-7,12-13H2,(H,27,29)/t15?,16?,20-,21?,22?/m1/s1. The van der Waals surface area contributed by atoms with Gasteiger partial charge in [0, 0.05) is 26.8 Å². The molecule has 4 unspecified atom stereocenters. The number of rotatable bonds is 4. The van der Waals surface area contributed by atoms with Crippen molar-refractivity contribution < 1.29 is 4.79 Å². The van der Waals surface area contributed by atoms with Crippen molar-refractivity contribution in [3.8, 4) is 0 Å². The van der Waals surface area contributed by atoms with Crippen LogP contribution >= 0.6 is 34.7 Å². The van der Waals surface area contributed by atoms with Crippen molar-refractivity contribution in [3.63, 3.8) is 0 Å². The number of amides is 1. The molecule has 2 aromatic carbocycles. The molecule has 4 nitrogen and oxygen atoms in total. The molecule has 1 aromatic heterocycles. The predicted octanol–water partition coefficient (Wildman–Crippen LogP) is 5.85. The lowest BCUT2D eigenvalue weighted by Crippen LogP contribution is -2.34. The van der Waals surface area contributed by atoms with Crippen molar-refractivity contribution >= 4 is 46.3 Å². The van der Waals surface area contributed by atoms with Gasteiger partial charge in [-0.3, -0.25) is 14.2 Å². The minimum atomic E-state index is -0.193. The van der Waals surface area contributed by atoms with E-state index in [4.69, 9.17) is 11.6 Å². The molecule has 164 valence electrons. The van der Waals surface area contributed by atoms with E-state index in [1.807, 2.05) is 11.8 Å². The largest absolute Gasteiger partial charge is 0.325 e. The predicted molar refractivity (Wildman–Crippen MR) is 131 cm³/mol. The second-order valence-electron chi connectivity index (χ2n) is 9.06. The van der Waals surface area contributed by atoms with E-state index in [0.717, 1.165) is 21.7 Å². The zero-order chi connectivity index (χ0) is 21.8. The summed E-state index contributed by atoms with van der Waals surface area (Å²) in [5.41, 5.74) is 1.98. The molecule has 1 N–H and O–H groups in total. The minimum Gasteiger partial charge on any atom is -0.325 e. The van der Waals surface area contributed by atoms with Gasteiger partial charge in [0.15, 0.2) is 0 Å². The number of halogens is 1. The van der Waals surface area contributed by atoms with Crippen molar-refractivity contribution in [2.45, 2.75) is 42.0 Å². The minimum absolute atomic E-state index is 0.0350. The third-order valence-corrected chi connectivity index (χ3v) is 10.4. The van der Waals surface area contributed by atoms with Crippen LogP contribution in [0.1, 0.15) is 35.6 Å². The molecule has 5 atom stereocenters. The normalized spacial score (nSPS) is 27.7. The van der Waals surface area contributed by atoms with Crippen molar-refractivity contribution in [1.82, 2.24) is 4.57 Å². The van der Waals surface area contributed by atoms with Gasteiger partial charge in [0.2, 0.25) is 5.91 Å². The Bertz CT molecular complexity index is 1220. The molecule has 3 aromatic rings. The lowest BCUT2D eigenvalue weighted by molar-refractivity contribution is -0.116. The molecule has 1 amide bonds. The summed E-state index contributed by atoms with van der Waals surface area (Å²) in [6.45, 7) is 0.0350. The summed E-state index contributed by atoms with van der Waals surface area (Å²) in [5, 5.41) is 5.06. The van der Waals surface area contributed by atoms with Gasteiger partial charge in [-0.05, 0) is 66.8 Å². The molecule has 32 heavy (non-hydrogen) atoms. The monoisotopic (exact) mass is 482 g/mol. The van der Waals surface area contributed by atoms with Crippen LogP contribution in [0.5, 0.6) is 0 Å². The van der Waals surface area contributed by atoms with Crippen molar-refractivity contribution in [3.05, 3.63) is 79.7 Å². The number of nitrogens with zero attached hydrogens (tertiary/aromatic N) is 1. The third-order valence-electron chi connectivity index (χ3n) is 7.28. The van der Waals surface area contributed by atoms with Crippen molar-refractivity contribution in [2.75, 3.05) is 5.32 Å². The molecule has 0 radical (unpaired) electrons. The van der Waals surface area contributed by atoms with Crippen LogP contribution in [0.15, 0.2) is 64.4 Å². The Labute approximate surface area is 200 Å². The Morgan fingerprint density at radius 3 is 2.59 bits per heavy atom. The summed E-state index contributed by atoms with van der Waals surface area (Å²) in [5.74, 6) is 2.12. The summed E-state index contributed by atoms with van der Waals surface area (Å²) in [6, 6.07) is 17.7. The molecular weight excluding hydrogens is 460 g/mol. The molecule has 0 spiro atoms. The van der Waals surface area contributed by atoms with E-state index in [1.54, 1.807) is 28.8 Å². The van der Waals surface area contributed by atoms with Gasteiger partial charge in [0.25, 0.3) is 0 Å². The van der Waals surface area contributed by atoms with Gasteiger partial charge >= 0.3 is 4.87 Å². The second kappa shape index (κ2) is 8.08. The molecule has 2 aliphatic carbocycles. The number of anilines is 1.